The average Bonchev–Trinajstić information content (AvgIpc) is 2.07. The normalized spacial score (nSPS) is 11.1. The molecule has 0 bridgehead atoms. The number of rotatable bonds is 3. The molecule has 0 atom stereocenters. The minimum absolute atomic E-state index is 0.270. The van der Waals surface area contributed by atoms with Crippen molar-refractivity contribution in [2.45, 2.75) is 33.3 Å². The lowest BCUT2D eigenvalue weighted by molar-refractivity contribution is -0.0503. The second-order valence-corrected chi connectivity index (χ2v) is 3.50. The van der Waals surface area contributed by atoms with Crippen molar-refractivity contribution >= 4 is 0 Å². The Morgan fingerprint density at radius 2 is 1.86 bits per heavy atom. The lowest BCUT2D eigenvalue weighted by Gasteiger charge is -2.13. The molecule has 0 aliphatic heterocycles. The standard InChI is InChI=1S/C11H14F2O/c1-7(2)9-5-4-6-10(8(9)3)14-11(12)13/h4-7,11H,1-3H3. The molecule has 0 aromatic heterocycles. The molecular weight excluding hydrogens is 186 g/mol. The van der Waals surface area contributed by atoms with Gasteiger partial charge in [-0.15, -0.1) is 0 Å². The first-order chi connectivity index (χ1) is 6.52. The Balaban J connectivity index is 3.01. The SMILES string of the molecule is Cc1c(OC(F)F)cccc1C(C)C. The molecule has 0 saturated heterocycles. The fourth-order valence-corrected chi connectivity index (χ4v) is 1.48. The Morgan fingerprint density at radius 1 is 1.21 bits per heavy atom. The van der Waals surface area contributed by atoms with Crippen LogP contribution in [-0.4, -0.2) is 6.61 Å². The lowest BCUT2D eigenvalue weighted by atomic mass is 9.98. The summed E-state index contributed by atoms with van der Waals surface area (Å²) in [4.78, 5) is 0. The van der Waals surface area contributed by atoms with Gasteiger partial charge in [0.25, 0.3) is 0 Å². The van der Waals surface area contributed by atoms with Crippen molar-refractivity contribution in [3.8, 4) is 5.75 Å². The first kappa shape index (κ1) is 11.0. The lowest BCUT2D eigenvalue weighted by Crippen LogP contribution is -2.04. The molecule has 3 heteroatoms. The molecular formula is C11H14F2O. The summed E-state index contributed by atoms with van der Waals surface area (Å²) in [6.45, 7) is 3.09. The van der Waals surface area contributed by atoms with E-state index in [0.717, 1.165) is 11.1 Å². The van der Waals surface area contributed by atoms with Gasteiger partial charge in [-0.2, -0.15) is 8.78 Å². The zero-order chi connectivity index (χ0) is 10.7. The predicted molar refractivity (Wildman–Crippen MR) is 51.9 cm³/mol. The molecule has 0 spiro atoms. The van der Waals surface area contributed by atoms with Crippen molar-refractivity contribution in [1.29, 1.82) is 0 Å². The van der Waals surface area contributed by atoms with Crippen LogP contribution in [0.1, 0.15) is 30.9 Å². The highest BCUT2D eigenvalue weighted by Crippen LogP contribution is 2.27. The Hall–Kier alpha value is -1.12. The Bertz CT molecular complexity index is 308. The molecule has 1 aromatic carbocycles. The van der Waals surface area contributed by atoms with E-state index in [1.165, 1.54) is 0 Å². The maximum Gasteiger partial charge on any atom is 0.387 e. The number of hydrogen-bond acceptors (Lipinski definition) is 1. The van der Waals surface area contributed by atoms with E-state index in [9.17, 15) is 8.78 Å². The van der Waals surface area contributed by atoms with Crippen molar-refractivity contribution in [2.24, 2.45) is 0 Å². The van der Waals surface area contributed by atoms with Crippen molar-refractivity contribution < 1.29 is 13.5 Å². The zero-order valence-corrected chi connectivity index (χ0v) is 8.55. The van der Waals surface area contributed by atoms with Gasteiger partial charge in [-0.3, -0.25) is 0 Å². The van der Waals surface area contributed by atoms with E-state index in [1.54, 1.807) is 19.1 Å². The Kier molecular flexibility index (Phi) is 3.44. The van der Waals surface area contributed by atoms with Gasteiger partial charge in [0.15, 0.2) is 0 Å². The van der Waals surface area contributed by atoms with E-state index in [-0.39, 0.29) is 5.75 Å². The minimum Gasteiger partial charge on any atom is -0.435 e. The van der Waals surface area contributed by atoms with Crippen LogP contribution < -0.4 is 4.74 Å². The quantitative estimate of drug-likeness (QED) is 0.722. The molecule has 0 unspecified atom stereocenters. The third-order valence-electron chi connectivity index (χ3n) is 2.16. The maximum absolute atomic E-state index is 12.0. The molecule has 1 nitrogen and oxygen atoms in total. The van der Waals surface area contributed by atoms with Gasteiger partial charge in [-0.25, -0.2) is 0 Å². The largest absolute Gasteiger partial charge is 0.435 e. The van der Waals surface area contributed by atoms with Gasteiger partial charge in [-0.05, 0) is 30.0 Å². The summed E-state index contributed by atoms with van der Waals surface area (Å²) in [5.74, 6) is 0.586. The van der Waals surface area contributed by atoms with Gasteiger partial charge in [0.05, 0.1) is 0 Å². The third kappa shape index (κ3) is 2.44. The highest BCUT2D eigenvalue weighted by Gasteiger charge is 2.11. The van der Waals surface area contributed by atoms with Gasteiger partial charge in [0, 0.05) is 0 Å². The summed E-state index contributed by atoms with van der Waals surface area (Å²) in [7, 11) is 0. The molecule has 0 fully saturated rings. The first-order valence-electron chi connectivity index (χ1n) is 4.56. The van der Waals surface area contributed by atoms with Crippen molar-refractivity contribution in [2.75, 3.05) is 0 Å². The molecule has 78 valence electrons. The molecule has 0 heterocycles. The molecule has 0 N–H and O–H groups in total. The fourth-order valence-electron chi connectivity index (χ4n) is 1.48. The van der Waals surface area contributed by atoms with Crippen LogP contribution in [0.3, 0.4) is 0 Å². The number of benzene rings is 1. The monoisotopic (exact) mass is 200 g/mol. The van der Waals surface area contributed by atoms with Crippen LogP contribution in [0, 0.1) is 6.92 Å². The van der Waals surface area contributed by atoms with Crippen LogP contribution in [-0.2, 0) is 0 Å². The van der Waals surface area contributed by atoms with Gasteiger partial charge in [0.1, 0.15) is 5.75 Å². The summed E-state index contributed by atoms with van der Waals surface area (Å²) in [6, 6.07) is 5.23. The van der Waals surface area contributed by atoms with Crippen LogP contribution in [0.15, 0.2) is 18.2 Å². The van der Waals surface area contributed by atoms with Gasteiger partial charge in [0.2, 0.25) is 0 Å². The van der Waals surface area contributed by atoms with Crippen molar-refractivity contribution in [1.82, 2.24) is 0 Å². The average molecular weight is 200 g/mol. The molecule has 1 aromatic rings. The van der Waals surface area contributed by atoms with Crippen molar-refractivity contribution in [3.63, 3.8) is 0 Å². The van der Waals surface area contributed by atoms with E-state index in [4.69, 9.17) is 0 Å². The fraction of sp³-hybridized carbons (Fsp3) is 0.455. The number of alkyl halides is 2. The summed E-state index contributed by atoms with van der Waals surface area (Å²) >= 11 is 0. The van der Waals surface area contributed by atoms with E-state index >= 15 is 0 Å². The van der Waals surface area contributed by atoms with E-state index < -0.39 is 6.61 Å². The Labute approximate surface area is 82.7 Å². The molecule has 0 saturated carbocycles. The second kappa shape index (κ2) is 4.40. The van der Waals surface area contributed by atoms with E-state index in [2.05, 4.69) is 4.74 Å². The number of halogens is 2. The topological polar surface area (TPSA) is 9.23 Å². The molecule has 0 radical (unpaired) electrons. The summed E-state index contributed by atoms with van der Waals surface area (Å²) in [5, 5.41) is 0. The predicted octanol–water partition coefficient (Wildman–Crippen LogP) is 3.72. The second-order valence-electron chi connectivity index (χ2n) is 3.50. The highest BCUT2D eigenvalue weighted by molar-refractivity contribution is 5.40. The molecule has 14 heavy (non-hydrogen) atoms. The van der Waals surface area contributed by atoms with Crippen LogP contribution in [0.4, 0.5) is 8.78 Å². The van der Waals surface area contributed by atoms with Crippen LogP contribution in [0.25, 0.3) is 0 Å². The van der Waals surface area contributed by atoms with Crippen LogP contribution in [0.5, 0.6) is 5.75 Å². The number of hydrogen-bond donors (Lipinski definition) is 0. The first-order valence-corrected chi connectivity index (χ1v) is 4.56. The highest BCUT2D eigenvalue weighted by atomic mass is 19.3. The maximum atomic E-state index is 12.0. The van der Waals surface area contributed by atoms with E-state index in [0.29, 0.717) is 5.92 Å². The zero-order valence-electron chi connectivity index (χ0n) is 8.55. The molecule has 0 aliphatic carbocycles. The minimum atomic E-state index is -2.75. The van der Waals surface area contributed by atoms with Crippen molar-refractivity contribution in [3.05, 3.63) is 29.3 Å². The molecule has 1 rings (SSSR count). The van der Waals surface area contributed by atoms with Crippen LogP contribution >= 0.6 is 0 Å². The summed E-state index contributed by atoms with van der Waals surface area (Å²) < 4.78 is 28.4. The van der Waals surface area contributed by atoms with Gasteiger partial charge < -0.3 is 4.74 Å². The number of ether oxygens (including phenoxy) is 1. The summed E-state index contributed by atoms with van der Waals surface area (Å²) in [5.41, 5.74) is 1.84. The Morgan fingerprint density at radius 3 is 2.36 bits per heavy atom. The van der Waals surface area contributed by atoms with Gasteiger partial charge >= 0.3 is 6.61 Å². The van der Waals surface area contributed by atoms with Gasteiger partial charge in [-0.1, -0.05) is 26.0 Å². The van der Waals surface area contributed by atoms with Crippen LogP contribution in [0.2, 0.25) is 0 Å². The molecule has 0 amide bonds. The molecule has 0 aliphatic rings. The smallest absolute Gasteiger partial charge is 0.387 e. The summed E-state index contributed by atoms with van der Waals surface area (Å²) in [6.07, 6.45) is 0. The third-order valence-corrected chi connectivity index (χ3v) is 2.16. The van der Waals surface area contributed by atoms with E-state index in [1.807, 2.05) is 19.9 Å².